The number of carbonyl (C=O) groups is 2. The van der Waals surface area contributed by atoms with Gasteiger partial charge in [-0.2, -0.15) is 0 Å². The first-order chi connectivity index (χ1) is 9.06. The van der Waals surface area contributed by atoms with E-state index in [1.54, 1.807) is 24.3 Å². The molecule has 98 valence electrons. The standard InChI is InChI=1S/C13H11NO5/c15-12(16)6-8-5-11(19-7-13(17)18)9-3-1-2-4-10(9)14-8/h1-5H,6-7H2,(H,15,16)(H,17,18). The number of rotatable bonds is 5. The Morgan fingerprint density at radius 3 is 2.58 bits per heavy atom. The molecular weight excluding hydrogens is 250 g/mol. The number of carboxylic acid groups (broad SMARTS) is 2. The zero-order chi connectivity index (χ0) is 13.8. The molecule has 0 atom stereocenters. The van der Waals surface area contributed by atoms with Gasteiger partial charge < -0.3 is 14.9 Å². The lowest BCUT2D eigenvalue weighted by atomic mass is 10.1. The second-order valence-electron chi connectivity index (χ2n) is 3.88. The zero-order valence-corrected chi connectivity index (χ0v) is 9.87. The highest BCUT2D eigenvalue weighted by atomic mass is 16.5. The molecule has 0 aliphatic rings. The largest absolute Gasteiger partial charge is 0.481 e. The number of carboxylic acids is 2. The topological polar surface area (TPSA) is 96.7 Å². The van der Waals surface area contributed by atoms with Crippen LogP contribution >= 0.6 is 0 Å². The molecule has 0 spiro atoms. The summed E-state index contributed by atoms with van der Waals surface area (Å²) in [5.41, 5.74) is 0.897. The van der Waals surface area contributed by atoms with E-state index in [0.29, 0.717) is 22.3 Å². The quantitative estimate of drug-likeness (QED) is 0.842. The Morgan fingerprint density at radius 1 is 1.16 bits per heavy atom. The lowest BCUT2D eigenvalue weighted by Gasteiger charge is -2.09. The van der Waals surface area contributed by atoms with E-state index in [2.05, 4.69) is 4.98 Å². The molecule has 19 heavy (non-hydrogen) atoms. The molecule has 2 aromatic rings. The molecule has 0 amide bonds. The van der Waals surface area contributed by atoms with Crippen LogP contribution in [-0.2, 0) is 16.0 Å². The van der Waals surface area contributed by atoms with Crippen molar-refractivity contribution in [2.75, 3.05) is 6.61 Å². The van der Waals surface area contributed by atoms with Gasteiger partial charge in [0.25, 0.3) is 0 Å². The molecule has 0 saturated carbocycles. The predicted molar refractivity (Wildman–Crippen MR) is 66.2 cm³/mol. The predicted octanol–water partition coefficient (Wildman–Crippen LogP) is 1.33. The van der Waals surface area contributed by atoms with Crippen molar-refractivity contribution >= 4 is 22.8 Å². The first kappa shape index (κ1) is 12.8. The average Bonchev–Trinajstić information content (AvgIpc) is 2.35. The number of para-hydroxylation sites is 1. The van der Waals surface area contributed by atoms with Crippen molar-refractivity contribution in [1.82, 2.24) is 4.98 Å². The van der Waals surface area contributed by atoms with Crippen molar-refractivity contribution in [1.29, 1.82) is 0 Å². The Morgan fingerprint density at radius 2 is 1.89 bits per heavy atom. The van der Waals surface area contributed by atoms with Crippen LogP contribution in [0.25, 0.3) is 10.9 Å². The van der Waals surface area contributed by atoms with Crippen molar-refractivity contribution in [2.24, 2.45) is 0 Å². The van der Waals surface area contributed by atoms with Crippen LogP contribution in [0.1, 0.15) is 5.69 Å². The van der Waals surface area contributed by atoms with Crippen LogP contribution in [0.15, 0.2) is 30.3 Å². The smallest absolute Gasteiger partial charge is 0.341 e. The summed E-state index contributed by atoms with van der Waals surface area (Å²) in [6.45, 7) is -0.486. The summed E-state index contributed by atoms with van der Waals surface area (Å²) in [7, 11) is 0. The fourth-order valence-electron chi connectivity index (χ4n) is 1.70. The van der Waals surface area contributed by atoms with Gasteiger partial charge in [0, 0.05) is 11.5 Å². The Labute approximate surface area is 108 Å². The van der Waals surface area contributed by atoms with E-state index >= 15 is 0 Å². The summed E-state index contributed by atoms with van der Waals surface area (Å²) in [5, 5.41) is 18.1. The number of ether oxygens (including phenoxy) is 1. The third-order valence-corrected chi connectivity index (χ3v) is 2.41. The molecule has 6 nitrogen and oxygen atoms in total. The molecule has 0 bridgehead atoms. The molecule has 2 rings (SSSR count). The highest BCUT2D eigenvalue weighted by Crippen LogP contribution is 2.25. The van der Waals surface area contributed by atoms with E-state index in [1.807, 2.05) is 0 Å². The van der Waals surface area contributed by atoms with Crippen LogP contribution in [0.2, 0.25) is 0 Å². The minimum absolute atomic E-state index is 0.242. The van der Waals surface area contributed by atoms with Gasteiger partial charge in [0.05, 0.1) is 17.6 Å². The van der Waals surface area contributed by atoms with Gasteiger partial charge >= 0.3 is 11.9 Å². The van der Waals surface area contributed by atoms with Gasteiger partial charge in [-0.25, -0.2) is 4.79 Å². The third kappa shape index (κ3) is 3.19. The van der Waals surface area contributed by atoms with Gasteiger partial charge in [0.1, 0.15) is 5.75 Å². The lowest BCUT2D eigenvalue weighted by molar-refractivity contribution is -0.139. The Kier molecular flexibility index (Phi) is 3.61. The van der Waals surface area contributed by atoms with Crippen LogP contribution in [0.3, 0.4) is 0 Å². The van der Waals surface area contributed by atoms with Crippen LogP contribution in [0.4, 0.5) is 0 Å². The van der Waals surface area contributed by atoms with Gasteiger partial charge in [-0.15, -0.1) is 0 Å². The highest BCUT2D eigenvalue weighted by molar-refractivity contribution is 5.86. The molecule has 1 aromatic carbocycles. The number of pyridine rings is 1. The first-order valence-corrected chi connectivity index (χ1v) is 5.51. The Bertz CT molecular complexity index is 638. The maximum Gasteiger partial charge on any atom is 0.341 e. The zero-order valence-electron chi connectivity index (χ0n) is 9.87. The third-order valence-electron chi connectivity index (χ3n) is 2.41. The van der Waals surface area contributed by atoms with Crippen LogP contribution in [-0.4, -0.2) is 33.7 Å². The maximum atomic E-state index is 10.7. The van der Waals surface area contributed by atoms with Crippen molar-refractivity contribution in [3.63, 3.8) is 0 Å². The Balaban J connectivity index is 2.45. The number of fused-ring (bicyclic) bond motifs is 1. The van der Waals surface area contributed by atoms with E-state index in [1.165, 1.54) is 6.07 Å². The normalized spacial score (nSPS) is 10.3. The summed E-state index contributed by atoms with van der Waals surface area (Å²) in [6, 6.07) is 8.45. The van der Waals surface area contributed by atoms with Crippen molar-refractivity contribution in [3.05, 3.63) is 36.0 Å². The van der Waals surface area contributed by atoms with Crippen LogP contribution < -0.4 is 4.74 Å². The van der Waals surface area contributed by atoms with E-state index in [4.69, 9.17) is 14.9 Å². The van der Waals surface area contributed by atoms with Gasteiger partial charge in [-0.3, -0.25) is 9.78 Å². The number of hydrogen-bond donors (Lipinski definition) is 2. The van der Waals surface area contributed by atoms with E-state index in [-0.39, 0.29) is 6.42 Å². The van der Waals surface area contributed by atoms with Gasteiger partial charge in [0.2, 0.25) is 0 Å². The van der Waals surface area contributed by atoms with E-state index in [0.717, 1.165) is 0 Å². The molecule has 2 N–H and O–H groups in total. The molecule has 1 heterocycles. The van der Waals surface area contributed by atoms with E-state index < -0.39 is 18.5 Å². The molecule has 1 aromatic heterocycles. The monoisotopic (exact) mass is 261 g/mol. The SMILES string of the molecule is O=C(O)COc1cc(CC(=O)O)nc2ccccc12. The minimum atomic E-state index is -1.10. The highest BCUT2D eigenvalue weighted by Gasteiger charge is 2.10. The number of hydrogen-bond acceptors (Lipinski definition) is 4. The van der Waals surface area contributed by atoms with Crippen molar-refractivity contribution < 1.29 is 24.5 Å². The minimum Gasteiger partial charge on any atom is -0.481 e. The molecular formula is C13H11NO5. The van der Waals surface area contributed by atoms with Gasteiger partial charge in [0.15, 0.2) is 6.61 Å². The fraction of sp³-hybridized carbons (Fsp3) is 0.154. The van der Waals surface area contributed by atoms with Crippen LogP contribution in [0.5, 0.6) is 5.75 Å². The Hall–Kier alpha value is -2.63. The van der Waals surface area contributed by atoms with Crippen LogP contribution in [0, 0.1) is 0 Å². The van der Waals surface area contributed by atoms with Crippen molar-refractivity contribution in [3.8, 4) is 5.75 Å². The average molecular weight is 261 g/mol. The van der Waals surface area contributed by atoms with Gasteiger partial charge in [-0.05, 0) is 12.1 Å². The summed E-state index contributed by atoms with van der Waals surface area (Å²) in [5.74, 6) is -1.78. The molecule has 0 unspecified atom stereocenters. The summed E-state index contributed by atoms with van der Waals surface area (Å²) < 4.78 is 5.17. The first-order valence-electron chi connectivity index (χ1n) is 5.51. The number of benzene rings is 1. The number of aliphatic carboxylic acids is 2. The van der Waals surface area contributed by atoms with Crippen molar-refractivity contribution in [2.45, 2.75) is 6.42 Å². The van der Waals surface area contributed by atoms with Gasteiger partial charge in [-0.1, -0.05) is 12.1 Å². The molecule has 0 fully saturated rings. The number of nitrogens with zero attached hydrogens (tertiary/aromatic N) is 1. The lowest BCUT2D eigenvalue weighted by Crippen LogP contribution is -2.10. The maximum absolute atomic E-state index is 10.7. The summed E-state index contributed by atoms with van der Waals surface area (Å²) in [6.07, 6.45) is -0.242. The molecule has 0 saturated heterocycles. The molecule has 0 aliphatic heterocycles. The fourth-order valence-corrected chi connectivity index (χ4v) is 1.70. The van der Waals surface area contributed by atoms with E-state index in [9.17, 15) is 9.59 Å². The summed E-state index contributed by atoms with van der Waals surface area (Å²) in [4.78, 5) is 25.4. The molecule has 0 radical (unpaired) electrons. The molecule has 6 heteroatoms. The number of aromatic nitrogens is 1. The second-order valence-corrected chi connectivity index (χ2v) is 3.88. The second kappa shape index (κ2) is 5.34. The molecule has 0 aliphatic carbocycles. The summed E-state index contributed by atoms with van der Waals surface area (Å²) >= 11 is 0.